The van der Waals surface area contributed by atoms with Crippen LogP contribution in [-0.4, -0.2) is 35.0 Å². The lowest BCUT2D eigenvalue weighted by molar-refractivity contribution is -0.129. The number of nitrogens with two attached hydrogens (primary N) is 1. The van der Waals surface area contributed by atoms with Gasteiger partial charge in [-0.1, -0.05) is 47.1 Å². The van der Waals surface area contributed by atoms with E-state index < -0.39 is 0 Å². The smallest absolute Gasteiger partial charge is 0.219 e. The fraction of sp³-hybridized carbons (Fsp3) is 0.519. The number of fused-ring (bicyclic) bond motifs is 2. The van der Waals surface area contributed by atoms with Gasteiger partial charge in [0.1, 0.15) is 0 Å². The third kappa shape index (κ3) is 6.69. The first-order chi connectivity index (χ1) is 16.4. The molecule has 2 aliphatic heterocycles. The highest BCUT2D eigenvalue weighted by Crippen LogP contribution is 2.46. The summed E-state index contributed by atoms with van der Waals surface area (Å²) in [6.45, 7) is 15.1. The number of phenolic OH excluding ortho intramolecular Hbond substituents is 1. The minimum Gasteiger partial charge on any atom is -0.505 e. The number of aromatic hydroxyl groups is 1. The summed E-state index contributed by atoms with van der Waals surface area (Å²) in [6, 6.07) is 1.99. The fourth-order valence-corrected chi connectivity index (χ4v) is 5.49. The first-order valence-corrected chi connectivity index (χ1v) is 14.0. The van der Waals surface area contributed by atoms with Gasteiger partial charge in [-0.15, -0.1) is 0 Å². The van der Waals surface area contributed by atoms with Crippen molar-refractivity contribution in [3.63, 3.8) is 0 Å². The Bertz CT molecular complexity index is 942. The zero-order valence-corrected chi connectivity index (χ0v) is 24.9. The van der Waals surface area contributed by atoms with Gasteiger partial charge in [-0.2, -0.15) is 0 Å². The largest absolute Gasteiger partial charge is 0.505 e. The quantitative estimate of drug-likeness (QED) is 0.216. The number of phenols is 1. The van der Waals surface area contributed by atoms with E-state index in [1.54, 1.807) is 6.92 Å². The molecule has 4 rings (SSSR count). The molecular formula is C27H41Br2N3O2. The van der Waals surface area contributed by atoms with Gasteiger partial charge in [0.2, 0.25) is 5.91 Å². The number of dihydropyridines is 1. The van der Waals surface area contributed by atoms with Crippen LogP contribution in [0.4, 0.5) is 5.69 Å². The number of piperidine rings is 1. The van der Waals surface area contributed by atoms with Gasteiger partial charge in [-0.3, -0.25) is 4.79 Å². The molecule has 1 fully saturated rings. The Balaban J connectivity index is 0.000000894. The highest BCUT2D eigenvalue weighted by Gasteiger charge is 2.32. The Morgan fingerprint density at radius 1 is 1.06 bits per heavy atom. The normalized spacial score (nSPS) is 18.5. The van der Waals surface area contributed by atoms with E-state index in [9.17, 15) is 9.90 Å². The van der Waals surface area contributed by atoms with Crippen LogP contribution in [0, 0.1) is 0 Å². The predicted molar refractivity (Wildman–Crippen MR) is 153 cm³/mol. The van der Waals surface area contributed by atoms with Crippen molar-refractivity contribution in [3.8, 4) is 5.75 Å². The van der Waals surface area contributed by atoms with Crippen molar-refractivity contribution in [2.45, 2.75) is 80.2 Å². The molecule has 2 heterocycles. The van der Waals surface area contributed by atoms with E-state index in [0.29, 0.717) is 10.2 Å². The molecule has 3 aliphatic rings. The standard InChI is InChI=1S/C21H23Br2N3O2.3C2H6/c1-11(27)26-6-4-12(5-7-26)18-16-9-17(24)21(28)19(23)15(16)3-2-13-8-14(22)10-25-20(13)18;3*1-2/h8-10,20,25,28H,2-7,24H2,1H3;3*1-2H3. The minimum absolute atomic E-state index is 0.0808. The SMILES string of the molecule is CC.CC.CC.CC(=O)N1CCC(=C2c3cc(N)c(O)c(Br)c3CCC3=CC(Br)=CNC32)CC1. The van der Waals surface area contributed by atoms with Gasteiger partial charge in [-0.05, 0) is 92.0 Å². The monoisotopic (exact) mass is 597 g/mol. The summed E-state index contributed by atoms with van der Waals surface area (Å²) in [5.74, 6) is 0.242. The number of nitrogens with one attached hydrogen (secondary N) is 1. The first-order valence-electron chi connectivity index (χ1n) is 12.5. The molecule has 0 aromatic heterocycles. The number of nitrogens with zero attached hydrogens (tertiary/aromatic N) is 1. The predicted octanol–water partition coefficient (Wildman–Crippen LogP) is 7.29. The van der Waals surface area contributed by atoms with E-state index in [4.69, 9.17) is 5.73 Å². The van der Waals surface area contributed by atoms with E-state index in [1.807, 2.05) is 58.7 Å². The van der Waals surface area contributed by atoms with Gasteiger partial charge < -0.3 is 21.1 Å². The van der Waals surface area contributed by atoms with Crippen LogP contribution in [0.1, 0.15) is 78.9 Å². The lowest BCUT2D eigenvalue weighted by Gasteiger charge is -2.33. The van der Waals surface area contributed by atoms with Gasteiger partial charge in [0.15, 0.2) is 5.75 Å². The number of likely N-dealkylation sites (tertiary alicyclic amines) is 1. The topological polar surface area (TPSA) is 78.6 Å². The third-order valence-corrected chi connectivity index (χ3v) is 7.20. The van der Waals surface area contributed by atoms with E-state index in [1.165, 1.54) is 16.7 Å². The number of rotatable bonds is 0. The van der Waals surface area contributed by atoms with Gasteiger partial charge in [0.25, 0.3) is 0 Å². The second kappa shape index (κ2) is 14.6. The Kier molecular flexibility index (Phi) is 13.0. The average Bonchev–Trinajstić information content (AvgIpc) is 3.03. The first kappa shape index (κ1) is 30.3. The van der Waals surface area contributed by atoms with Crippen LogP contribution in [0.25, 0.3) is 5.57 Å². The van der Waals surface area contributed by atoms with E-state index in [0.717, 1.165) is 54.4 Å². The molecule has 1 unspecified atom stereocenters. The molecule has 1 aliphatic carbocycles. The number of anilines is 1. The average molecular weight is 599 g/mol. The maximum atomic E-state index is 11.8. The van der Waals surface area contributed by atoms with Crippen LogP contribution in [0.3, 0.4) is 0 Å². The van der Waals surface area contributed by atoms with Crippen molar-refractivity contribution in [3.05, 3.63) is 49.6 Å². The second-order valence-corrected chi connectivity index (χ2v) is 9.23. The molecule has 1 amide bonds. The summed E-state index contributed by atoms with van der Waals surface area (Å²) in [5, 5.41) is 13.9. The fourth-order valence-electron chi connectivity index (χ4n) is 4.42. The molecule has 1 saturated heterocycles. The Morgan fingerprint density at radius 3 is 2.21 bits per heavy atom. The lowest BCUT2D eigenvalue weighted by atomic mass is 9.84. The molecule has 1 atom stereocenters. The molecule has 1 aromatic carbocycles. The zero-order chi connectivity index (χ0) is 26.0. The lowest BCUT2D eigenvalue weighted by Crippen LogP contribution is -2.36. The molecule has 0 spiro atoms. The van der Waals surface area contributed by atoms with Crippen molar-refractivity contribution >= 4 is 49.0 Å². The van der Waals surface area contributed by atoms with Crippen molar-refractivity contribution in [1.82, 2.24) is 10.2 Å². The summed E-state index contributed by atoms with van der Waals surface area (Å²) in [5.41, 5.74) is 12.6. The molecule has 190 valence electrons. The minimum atomic E-state index is 0.0808. The summed E-state index contributed by atoms with van der Waals surface area (Å²) < 4.78 is 1.72. The maximum absolute atomic E-state index is 11.8. The van der Waals surface area contributed by atoms with Crippen LogP contribution in [-0.2, 0) is 11.2 Å². The number of nitrogen functional groups attached to an aromatic ring is 1. The highest BCUT2D eigenvalue weighted by molar-refractivity contribution is 9.12. The Hall–Kier alpha value is -1.73. The molecule has 0 radical (unpaired) electrons. The Labute approximate surface area is 222 Å². The van der Waals surface area contributed by atoms with Crippen LogP contribution >= 0.6 is 31.9 Å². The molecular weight excluding hydrogens is 558 g/mol. The third-order valence-electron chi connectivity index (χ3n) is 5.89. The van der Waals surface area contributed by atoms with Gasteiger partial charge in [-0.25, -0.2) is 0 Å². The van der Waals surface area contributed by atoms with Crippen molar-refractivity contribution < 1.29 is 9.90 Å². The van der Waals surface area contributed by atoms with E-state index in [-0.39, 0.29) is 17.7 Å². The number of carbonyl (C=O) groups excluding carboxylic acids is 1. The van der Waals surface area contributed by atoms with Gasteiger partial charge in [0, 0.05) is 30.7 Å². The number of halogens is 2. The second-order valence-electron chi connectivity index (χ2n) is 7.53. The molecule has 0 bridgehead atoms. The number of hydrogen-bond donors (Lipinski definition) is 3. The van der Waals surface area contributed by atoms with Gasteiger partial charge in [0.05, 0.1) is 16.2 Å². The zero-order valence-electron chi connectivity index (χ0n) is 21.7. The molecule has 34 heavy (non-hydrogen) atoms. The van der Waals surface area contributed by atoms with E-state index >= 15 is 0 Å². The maximum Gasteiger partial charge on any atom is 0.219 e. The summed E-state index contributed by atoms with van der Waals surface area (Å²) in [4.78, 5) is 13.7. The molecule has 7 heteroatoms. The number of amides is 1. The van der Waals surface area contributed by atoms with Crippen LogP contribution in [0.5, 0.6) is 5.75 Å². The number of carbonyl (C=O) groups is 1. The number of allylic oxidation sites excluding steroid dienone is 2. The van der Waals surface area contributed by atoms with E-state index in [2.05, 4.69) is 43.3 Å². The van der Waals surface area contributed by atoms with Crippen molar-refractivity contribution in [2.75, 3.05) is 18.8 Å². The highest BCUT2D eigenvalue weighted by atomic mass is 79.9. The molecule has 0 saturated carbocycles. The number of benzene rings is 1. The number of hydrogen-bond acceptors (Lipinski definition) is 4. The van der Waals surface area contributed by atoms with Crippen molar-refractivity contribution in [1.29, 1.82) is 0 Å². The van der Waals surface area contributed by atoms with Crippen molar-refractivity contribution in [2.24, 2.45) is 0 Å². The van der Waals surface area contributed by atoms with Crippen LogP contribution in [0.15, 0.2) is 38.4 Å². The summed E-state index contributed by atoms with van der Waals surface area (Å²) in [7, 11) is 0. The summed E-state index contributed by atoms with van der Waals surface area (Å²) >= 11 is 7.16. The molecule has 5 nitrogen and oxygen atoms in total. The Morgan fingerprint density at radius 2 is 1.65 bits per heavy atom. The molecule has 4 N–H and O–H groups in total. The van der Waals surface area contributed by atoms with Crippen LogP contribution < -0.4 is 11.1 Å². The molecule has 1 aromatic rings. The van der Waals surface area contributed by atoms with Gasteiger partial charge >= 0.3 is 0 Å². The summed E-state index contributed by atoms with van der Waals surface area (Å²) in [6.07, 6.45) is 7.60. The van der Waals surface area contributed by atoms with Crippen LogP contribution in [0.2, 0.25) is 0 Å².